The van der Waals surface area contributed by atoms with E-state index in [-0.39, 0.29) is 23.6 Å². The normalized spacial score (nSPS) is 11.5. The standard InChI is InChI=1S/C25H29N5O4S/c1-5-30-22(17(4)26-23(32)20-10-8-7-9-16(20)3)28-29-25(30)35-15-21(31)27-19-13-11-18(12-14-19)24(33)34-6-2/h7-14,17H,5-6,15H2,1-4H3,(H,26,32)(H,27,31)/t17-/m0/s1. The second kappa shape index (κ2) is 12.2. The molecule has 35 heavy (non-hydrogen) atoms. The Morgan fingerprint density at radius 3 is 2.43 bits per heavy atom. The van der Waals surface area contributed by atoms with Crippen LogP contribution in [0.5, 0.6) is 0 Å². The van der Waals surface area contributed by atoms with Crippen LogP contribution in [0.25, 0.3) is 0 Å². The third kappa shape index (κ3) is 6.69. The third-order valence-corrected chi connectivity index (χ3v) is 6.17. The SMILES string of the molecule is CCOC(=O)c1ccc(NC(=O)CSc2nnc([C@H](C)NC(=O)c3ccccc3C)n2CC)cc1. The molecule has 9 nitrogen and oxygen atoms in total. The smallest absolute Gasteiger partial charge is 0.338 e. The van der Waals surface area contributed by atoms with Crippen LogP contribution >= 0.6 is 11.8 Å². The van der Waals surface area contributed by atoms with Gasteiger partial charge in [0.25, 0.3) is 5.91 Å². The summed E-state index contributed by atoms with van der Waals surface area (Å²) in [5, 5.41) is 14.9. The minimum Gasteiger partial charge on any atom is -0.462 e. The summed E-state index contributed by atoms with van der Waals surface area (Å²) < 4.78 is 6.84. The number of aryl methyl sites for hydroxylation is 1. The highest BCUT2D eigenvalue weighted by Gasteiger charge is 2.21. The molecule has 3 rings (SSSR count). The number of carbonyl (C=O) groups excluding carboxylic acids is 3. The lowest BCUT2D eigenvalue weighted by molar-refractivity contribution is -0.113. The van der Waals surface area contributed by atoms with Crippen molar-refractivity contribution in [2.45, 2.75) is 45.4 Å². The number of rotatable bonds is 10. The van der Waals surface area contributed by atoms with Gasteiger partial charge in [-0.2, -0.15) is 0 Å². The Hall–Kier alpha value is -3.66. The van der Waals surface area contributed by atoms with Crippen LogP contribution in [-0.4, -0.2) is 44.9 Å². The summed E-state index contributed by atoms with van der Waals surface area (Å²) in [4.78, 5) is 36.9. The van der Waals surface area contributed by atoms with Crippen molar-refractivity contribution in [1.29, 1.82) is 0 Å². The Kier molecular flexibility index (Phi) is 9.02. The molecule has 0 aliphatic heterocycles. The first kappa shape index (κ1) is 26.0. The highest BCUT2D eigenvalue weighted by Crippen LogP contribution is 2.22. The number of ether oxygens (including phenoxy) is 1. The van der Waals surface area contributed by atoms with Gasteiger partial charge in [-0.05, 0) is 63.6 Å². The summed E-state index contributed by atoms with van der Waals surface area (Å²) in [6, 6.07) is 13.5. The summed E-state index contributed by atoms with van der Waals surface area (Å²) in [6.07, 6.45) is 0. The van der Waals surface area contributed by atoms with Crippen LogP contribution in [0.2, 0.25) is 0 Å². The number of aromatic nitrogens is 3. The first-order valence-corrected chi connectivity index (χ1v) is 12.3. The number of anilines is 1. The van der Waals surface area contributed by atoms with Crippen LogP contribution in [0, 0.1) is 6.92 Å². The lowest BCUT2D eigenvalue weighted by atomic mass is 10.1. The van der Waals surface area contributed by atoms with Crippen molar-refractivity contribution in [2.24, 2.45) is 0 Å². The number of benzene rings is 2. The summed E-state index contributed by atoms with van der Waals surface area (Å²) in [7, 11) is 0. The van der Waals surface area contributed by atoms with Crippen LogP contribution in [0.1, 0.15) is 58.9 Å². The number of amides is 2. The van der Waals surface area contributed by atoms with Crippen LogP contribution in [-0.2, 0) is 16.1 Å². The van der Waals surface area contributed by atoms with Crippen molar-refractivity contribution in [2.75, 3.05) is 17.7 Å². The number of esters is 1. The molecule has 1 atom stereocenters. The summed E-state index contributed by atoms with van der Waals surface area (Å²) in [6.45, 7) is 8.34. The molecule has 0 saturated carbocycles. The van der Waals surface area contributed by atoms with Crippen molar-refractivity contribution in [3.05, 3.63) is 71.0 Å². The Morgan fingerprint density at radius 1 is 1.06 bits per heavy atom. The van der Waals surface area contributed by atoms with E-state index in [4.69, 9.17) is 4.74 Å². The van der Waals surface area contributed by atoms with E-state index in [1.807, 2.05) is 43.5 Å². The molecule has 3 aromatic rings. The average molecular weight is 496 g/mol. The molecule has 0 unspecified atom stereocenters. The Bertz CT molecular complexity index is 1190. The maximum absolute atomic E-state index is 12.7. The topological polar surface area (TPSA) is 115 Å². The Balaban J connectivity index is 1.59. The van der Waals surface area contributed by atoms with E-state index in [2.05, 4.69) is 20.8 Å². The van der Waals surface area contributed by atoms with Crippen molar-refractivity contribution >= 4 is 35.2 Å². The highest BCUT2D eigenvalue weighted by atomic mass is 32.2. The van der Waals surface area contributed by atoms with E-state index in [0.717, 1.165) is 5.56 Å². The molecule has 0 radical (unpaired) electrons. The largest absolute Gasteiger partial charge is 0.462 e. The monoisotopic (exact) mass is 495 g/mol. The number of nitrogens with zero attached hydrogens (tertiary/aromatic N) is 3. The van der Waals surface area contributed by atoms with Crippen LogP contribution in [0.15, 0.2) is 53.7 Å². The number of nitrogens with one attached hydrogen (secondary N) is 2. The summed E-state index contributed by atoms with van der Waals surface area (Å²) in [5.74, 6) is -0.0514. The van der Waals surface area contributed by atoms with Gasteiger partial charge in [0, 0.05) is 17.8 Å². The van der Waals surface area contributed by atoms with E-state index >= 15 is 0 Å². The first-order valence-electron chi connectivity index (χ1n) is 11.3. The van der Waals surface area contributed by atoms with Gasteiger partial charge in [0.1, 0.15) is 0 Å². The van der Waals surface area contributed by atoms with Gasteiger partial charge in [-0.15, -0.1) is 10.2 Å². The molecule has 2 N–H and O–H groups in total. The fourth-order valence-corrected chi connectivity index (χ4v) is 4.23. The second-order valence-corrected chi connectivity index (χ2v) is 8.67. The molecule has 0 bridgehead atoms. The number of thioether (sulfide) groups is 1. The molecule has 0 fully saturated rings. The summed E-state index contributed by atoms with van der Waals surface area (Å²) in [5.41, 5.74) is 2.51. The maximum atomic E-state index is 12.7. The molecule has 2 aromatic carbocycles. The van der Waals surface area contributed by atoms with Gasteiger partial charge in [0.15, 0.2) is 11.0 Å². The van der Waals surface area contributed by atoms with Gasteiger partial charge in [-0.3, -0.25) is 9.59 Å². The van der Waals surface area contributed by atoms with Crippen LogP contribution in [0.3, 0.4) is 0 Å². The van der Waals surface area contributed by atoms with E-state index < -0.39 is 5.97 Å². The van der Waals surface area contributed by atoms with Gasteiger partial charge >= 0.3 is 5.97 Å². The highest BCUT2D eigenvalue weighted by molar-refractivity contribution is 7.99. The number of hydrogen-bond donors (Lipinski definition) is 2. The lowest BCUT2D eigenvalue weighted by Gasteiger charge is -2.16. The molecule has 1 heterocycles. The van der Waals surface area contributed by atoms with Crippen LogP contribution < -0.4 is 10.6 Å². The van der Waals surface area contributed by atoms with Crippen molar-refractivity contribution < 1.29 is 19.1 Å². The molecule has 0 aliphatic carbocycles. The predicted octanol–water partition coefficient (Wildman–Crippen LogP) is 4.00. The van der Waals surface area contributed by atoms with Gasteiger partial charge in [-0.25, -0.2) is 4.79 Å². The fraction of sp³-hybridized carbons (Fsp3) is 0.320. The molecule has 1 aromatic heterocycles. The summed E-state index contributed by atoms with van der Waals surface area (Å²) >= 11 is 1.26. The van der Waals surface area contributed by atoms with Crippen LogP contribution in [0.4, 0.5) is 5.69 Å². The maximum Gasteiger partial charge on any atom is 0.338 e. The number of carbonyl (C=O) groups is 3. The minimum atomic E-state index is -0.403. The van der Waals surface area contributed by atoms with Gasteiger partial charge in [0.05, 0.1) is 24.0 Å². The van der Waals surface area contributed by atoms with Crippen molar-refractivity contribution in [3.8, 4) is 0 Å². The van der Waals surface area contributed by atoms with Crippen molar-refractivity contribution in [3.63, 3.8) is 0 Å². The first-order chi connectivity index (χ1) is 16.8. The molecule has 2 amide bonds. The van der Waals surface area contributed by atoms with Gasteiger partial charge in [0.2, 0.25) is 5.91 Å². The van der Waals surface area contributed by atoms with Gasteiger partial charge < -0.3 is 19.9 Å². The second-order valence-electron chi connectivity index (χ2n) is 7.73. The molecule has 184 valence electrons. The third-order valence-electron chi connectivity index (χ3n) is 5.20. The van der Waals surface area contributed by atoms with Crippen molar-refractivity contribution in [1.82, 2.24) is 20.1 Å². The van der Waals surface area contributed by atoms with E-state index in [1.165, 1.54) is 11.8 Å². The molecular formula is C25H29N5O4S. The van der Waals surface area contributed by atoms with Gasteiger partial charge in [-0.1, -0.05) is 30.0 Å². The molecular weight excluding hydrogens is 466 g/mol. The fourth-order valence-electron chi connectivity index (χ4n) is 3.42. The lowest BCUT2D eigenvalue weighted by Crippen LogP contribution is -2.29. The average Bonchev–Trinajstić information content (AvgIpc) is 3.26. The molecule has 0 spiro atoms. The molecule has 0 aliphatic rings. The number of hydrogen-bond acceptors (Lipinski definition) is 7. The molecule has 10 heteroatoms. The van der Waals surface area contributed by atoms with E-state index in [9.17, 15) is 14.4 Å². The van der Waals surface area contributed by atoms with E-state index in [0.29, 0.717) is 40.9 Å². The zero-order valence-corrected chi connectivity index (χ0v) is 21.0. The predicted molar refractivity (Wildman–Crippen MR) is 135 cm³/mol. The quantitative estimate of drug-likeness (QED) is 0.323. The Morgan fingerprint density at radius 2 is 1.77 bits per heavy atom. The zero-order valence-electron chi connectivity index (χ0n) is 20.2. The molecule has 0 saturated heterocycles. The Labute approximate surface area is 208 Å². The zero-order chi connectivity index (χ0) is 25.4. The minimum absolute atomic E-state index is 0.127. The van der Waals surface area contributed by atoms with E-state index in [1.54, 1.807) is 37.3 Å².